The fraction of sp³-hybridized carbons (Fsp3) is 0.263. The number of amides is 1. The van der Waals surface area contributed by atoms with E-state index in [0.29, 0.717) is 11.5 Å². The molecule has 4 nitrogen and oxygen atoms in total. The summed E-state index contributed by atoms with van der Waals surface area (Å²) in [5.74, 6) is 0.561. The molecule has 0 aliphatic heterocycles. The zero-order valence-corrected chi connectivity index (χ0v) is 14.6. The van der Waals surface area contributed by atoms with Crippen molar-refractivity contribution >= 4 is 17.2 Å². The molecule has 1 amide bonds. The van der Waals surface area contributed by atoms with Crippen LogP contribution >= 0.6 is 11.3 Å². The second-order valence-corrected chi connectivity index (χ2v) is 7.16. The first-order valence-corrected chi connectivity index (χ1v) is 9.02. The third-order valence-electron chi connectivity index (χ3n) is 4.40. The van der Waals surface area contributed by atoms with E-state index in [2.05, 4.69) is 16.9 Å². The van der Waals surface area contributed by atoms with E-state index < -0.39 is 0 Å². The lowest BCUT2D eigenvalue weighted by Crippen LogP contribution is -2.24. The van der Waals surface area contributed by atoms with E-state index in [-0.39, 0.29) is 5.91 Å². The summed E-state index contributed by atoms with van der Waals surface area (Å²) in [6.45, 7) is 4.01. The van der Waals surface area contributed by atoms with Crippen molar-refractivity contribution in [2.45, 2.75) is 32.6 Å². The van der Waals surface area contributed by atoms with E-state index in [1.807, 2.05) is 48.9 Å². The Morgan fingerprint density at radius 1 is 1.25 bits per heavy atom. The first kappa shape index (κ1) is 15.1. The molecule has 1 saturated carbocycles. The Bertz CT molecular complexity index is 891. The van der Waals surface area contributed by atoms with Crippen LogP contribution in [-0.2, 0) is 0 Å². The van der Waals surface area contributed by atoms with Gasteiger partial charge in [-0.05, 0) is 44.9 Å². The van der Waals surface area contributed by atoms with Crippen LogP contribution in [0.3, 0.4) is 0 Å². The molecule has 24 heavy (non-hydrogen) atoms. The van der Waals surface area contributed by atoms with Gasteiger partial charge in [0.25, 0.3) is 5.91 Å². The molecule has 2 heterocycles. The maximum atomic E-state index is 12.4. The number of carbonyl (C=O) groups is 1. The van der Waals surface area contributed by atoms with Gasteiger partial charge in [-0.2, -0.15) is 0 Å². The number of hydrogen-bond acceptors (Lipinski definition) is 3. The van der Waals surface area contributed by atoms with E-state index in [0.717, 1.165) is 22.6 Å². The average Bonchev–Trinajstić information content (AvgIpc) is 3.28. The Morgan fingerprint density at radius 3 is 2.71 bits per heavy atom. The highest BCUT2D eigenvalue weighted by Gasteiger charge is 2.27. The van der Waals surface area contributed by atoms with Gasteiger partial charge in [0.05, 0.1) is 10.7 Å². The van der Waals surface area contributed by atoms with Gasteiger partial charge in [0.2, 0.25) is 0 Å². The number of hydrogen-bond donors (Lipinski definition) is 1. The zero-order valence-electron chi connectivity index (χ0n) is 13.7. The minimum absolute atomic E-state index is 0.110. The molecule has 1 aliphatic rings. The number of rotatable bonds is 4. The van der Waals surface area contributed by atoms with Gasteiger partial charge in [0.1, 0.15) is 0 Å². The maximum Gasteiger partial charge on any atom is 0.270 e. The molecule has 3 aromatic rings. The summed E-state index contributed by atoms with van der Waals surface area (Å²) >= 11 is 1.74. The fourth-order valence-electron chi connectivity index (χ4n) is 2.88. The standard InChI is InChI=1S/C19H19N3OS/c1-12-10-16(17-11-24-19(20-17)15-8-9-15)13(2)22(12)21-18(23)14-6-4-3-5-7-14/h3-7,10-11,15H,8-9H2,1-2H3,(H,21,23). The van der Waals surface area contributed by atoms with Crippen molar-refractivity contribution in [2.75, 3.05) is 5.43 Å². The summed E-state index contributed by atoms with van der Waals surface area (Å²) < 4.78 is 1.85. The Balaban J connectivity index is 1.62. The number of benzene rings is 1. The molecule has 0 bridgehead atoms. The Labute approximate surface area is 145 Å². The number of carbonyl (C=O) groups excluding carboxylic acids is 1. The molecular formula is C19H19N3OS. The second-order valence-electron chi connectivity index (χ2n) is 6.27. The lowest BCUT2D eigenvalue weighted by atomic mass is 10.2. The molecule has 1 aromatic carbocycles. The van der Waals surface area contributed by atoms with Crippen molar-refractivity contribution in [1.29, 1.82) is 0 Å². The number of aryl methyl sites for hydroxylation is 1. The lowest BCUT2D eigenvalue weighted by molar-refractivity contribution is 0.101. The van der Waals surface area contributed by atoms with E-state index in [9.17, 15) is 4.79 Å². The summed E-state index contributed by atoms with van der Waals surface area (Å²) in [7, 11) is 0. The van der Waals surface area contributed by atoms with Crippen LogP contribution in [0.1, 0.15) is 45.5 Å². The Kier molecular flexibility index (Phi) is 3.73. The van der Waals surface area contributed by atoms with Crippen LogP contribution in [0.5, 0.6) is 0 Å². The van der Waals surface area contributed by atoms with E-state index in [1.165, 1.54) is 17.8 Å². The minimum atomic E-state index is -0.110. The molecule has 1 N–H and O–H groups in total. The smallest absolute Gasteiger partial charge is 0.267 e. The molecule has 0 saturated heterocycles. The van der Waals surface area contributed by atoms with Crippen LogP contribution in [0, 0.1) is 13.8 Å². The van der Waals surface area contributed by atoms with Crippen LogP contribution in [0.25, 0.3) is 11.3 Å². The highest BCUT2D eigenvalue weighted by molar-refractivity contribution is 7.10. The van der Waals surface area contributed by atoms with Crippen LogP contribution in [0.15, 0.2) is 41.8 Å². The predicted octanol–water partition coefficient (Wildman–Crippen LogP) is 4.49. The van der Waals surface area contributed by atoms with Crippen LogP contribution in [-0.4, -0.2) is 15.6 Å². The van der Waals surface area contributed by atoms with Crippen molar-refractivity contribution in [3.8, 4) is 11.3 Å². The molecular weight excluding hydrogens is 318 g/mol. The van der Waals surface area contributed by atoms with Crippen LogP contribution < -0.4 is 5.43 Å². The Morgan fingerprint density at radius 2 is 2.00 bits per heavy atom. The summed E-state index contributed by atoms with van der Waals surface area (Å²) in [6.07, 6.45) is 2.53. The molecule has 0 atom stereocenters. The quantitative estimate of drug-likeness (QED) is 0.762. The van der Waals surface area contributed by atoms with Gasteiger partial charge in [-0.1, -0.05) is 18.2 Å². The van der Waals surface area contributed by atoms with Crippen molar-refractivity contribution < 1.29 is 4.79 Å². The molecule has 1 aliphatic carbocycles. The summed E-state index contributed by atoms with van der Waals surface area (Å²) in [4.78, 5) is 17.2. The fourth-order valence-corrected chi connectivity index (χ4v) is 3.87. The highest BCUT2D eigenvalue weighted by atomic mass is 32.1. The molecule has 5 heteroatoms. The van der Waals surface area contributed by atoms with Crippen molar-refractivity contribution in [3.63, 3.8) is 0 Å². The number of nitrogens with one attached hydrogen (secondary N) is 1. The van der Waals surface area contributed by atoms with Gasteiger partial charge >= 0.3 is 0 Å². The first-order chi connectivity index (χ1) is 11.6. The summed E-state index contributed by atoms with van der Waals surface area (Å²) in [5.41, 5.74) is 7.72. The number of aromatic nitrogens is 2. The zero-order chi connectivity index (χ0) is 16.7. The third-order valence-corrected chi connectivity index (χ3v) is 5.41. The van der Waals surface area contributed by atoms with Crippen LogP contribution in [0.4, 0.5) is 0 Å². The monoisotopic (exact) mass is 337 g/mol. The van der Waals surface area contributed by atoms with E-state index in [1.54, 1.807) is 11.3 Å². The topological polar surface area (TPSA) is 46.9 Å². The van der Waals surface area contributed by atoms with Gasteiger partial charge in [-0.15, -0.1) is 11.3 Å². The normalized spacial score (nSPS) is 13.9. The summed E-state index contributed by atoms with van der Waals surface area (Å²) in [5, 5.41) is 3.36. The second kappa shape index (κ2) is 5.91. The SMILES string of the molecule is Cc1cc(-c2csc(C3CC3)n2)c(C)n1NC(=O)c1ccccc1. The van der Waals surface area contributed by atoms with Crippen LogP contribution in [0.2, 0.25) is 0 Å². The van der Waals surface area contributed by atoms with Crippen molar-refractivity contribution in [1.82, 2.24) is 9.66 Å². The summed E-state index contributed by atoms with van der Waals surface area (Å²) in [6, 6.07) is 11.3. The van der Waals surface area contributed by atoms with Gasteiger partial charge in [0, 0.05) is 33.8 Å². The highest BCUT2D eigenvalue weighted by Crippen LogP contribution is 2.42. The molecule has 2 aromatic heterocycles. The molecule has 0 unspecified atom stereocenters. The average molecular weight is 337 g/mol. The lowest BCUT2D eigenvalue weighted by Gasteiger charge is -2.11. The molecule has 1 fully saturated rings. The van der Waals surface area contributed by atoms with Gasteiger partial charge in [0.15, 0.2) is 0 Å². The predicted molar refractivity (Wildman–Crippen MR) is 97.1 cm³/mol. The largest absolute Gasteiger partial charge is 0.270 e. The van der Waals surface area contributed by atoms with E-state index in [4.69, 9.17) is 4.98 Å². The van der Waals surface area contributed by atoms with Crippen molar-refractivity contribution in [2.24, 2.45) is 0 Å². The molecule has 122 valence electrons. The van der Waals surface area contributed by atoms with Gasteiger partial charge in [-0.25, -0.2) is 4.98 Å². The van der Waals surface area contributed by atoms with Gasteiger partial charge in [-0.3, -0.25) is 14.9 Å². The van der Waals surface area contributed by atoms with E-state index >= 15 is 0 Å². The number of thiazole rings is 1. The van der Waals surface area contributed by atoms with Crippen molar-refractivity contribution in [3.05, 3.63) is 63.7 Å². The first-order valence-electron chi connectivity index (χ1n) is 8.14. The molecule has 0 spiro atoms. The minimum Gasteiger partial charge on any atom is -0.267 e. The third kappa shape index (κ3) is 2.76. The number of nitrogens with zero attached hydrogens (tertiary/aromatic N) is 2. The van der Waals surface area contributed by atoms with Gasteiger partial charge < -0.3 is 0 Å². The molecule has 4 rings (SSSR count). The maximum absolute atomic E-state index is 12.4. The molecule has 0 radical (unpaired) electrons. The Hall–Kier alpha value is -2.40.